The Morgan fingerprint density at radius 1 is 1.83 bits per heavy atom. The Kier molecular flexibility index (Phi) is 1.81. The summed E-state index contributed by atoms with van der Waals surface area (Å²) in [6.45, 7) is 0.759. The zero-order valence-electron chi connectivity index (χ0n) is 6.66. The molecule has 4 heteroatoms. The van der Waals surface area contributed by atoms with E-state index in [9.17, 15) is 4.79 Å². The lowest BCUT2D eigenvalue weighted by molar-refractivity contribution is -0.119. The summed E-state index contributed by atoms with van der Waals surface area (Å²) in [5.41, 5.74) is 0. The van der Waals surface area contributed by atoms with Crippen molar-refractivity contribution in [2.75, 3.05) is 0 Å². The Bertz CT molecular complexity index is 268. The molecule has 1 unspecified atom stereocenters. The normalized spacial score (nSPS) is 22.7. The summed E-state index contributed by atoms with van der Waals surface area (Å²) >= 11 is 0. The lowest BCUT2D eigenvalue weighted by atomic mass is 10.2. The van der Waals surface area contributed by atoms with Gasteiger partial charge in [-0.25, -0.2) is 0 Å². The van der Waals surface area contributed by atoms with Crippen LogP contribution in [0.4, 0.5) is 0 Å². The number of hydrogen-bond acceptors (Lipinski definition) is 2. The number of amides is 1. The zero-order chi connectivity index (χ0) is 8.39. The van der Waals surface area contributed by atoms with Crippen molar-refractivity contribution in [3.63, 3.8) is 0 Å². The number of rotatable bonds is 2. The number of nitrogens with zero attached hydrogens (tertiary/aromatic N) is 2. The average molecular weight is 164 g/mol. The van der Waals surface area contributed by atoms with Crippen molar-refractivity contribution in [3.05, 3.63) is 18.5 Å². The van der Waals surface area contributed by atoms with Gasteiger partial charge in [-0.15, -0.1) is 0 Å². The van der Waals surface area contributed by atoms with Gasteiger partial charge in [0, 0.05) is 24.7 Å². The van der Waals surface area contributed by atoms with Crippen molar-refractivity contribution in [1.29, 1.82) is 0 Å². The highest BCUT2D eigenvalue weighted by molar-refractivity contribution is 5.78. The molecule has 4 nitrogen and oxygen atoms in total. The minimum absolute atomic E-state index is 0.149. The molecule has 0 saturated carbocycles. The first kappa shape index (κ1) is 7.34. The first-order valence-electron chi connectivity index (χ1n) is 4.02. The number of hydrogen-bond donors (Lipinski definition) is 1. The van der Waals surface area contributed by atoms with Crippen LogP contribution >= 0.6 is 0 Å². The minimum atomic E-state index is 0.149. The molecule has 1 radical (unpaired) electrons. The summed E-state index contributed by atoms with van der Waals surface area (Å²) in [7, 11) is 0. The summed E-state index contributed by atoms with van der Waals surface area (Å²) in [5.74, 6) is 0.149. The maximum absolute atomic E-state index is 10.8. The molecule has 1 amide bonds. The molecule has 1 atom stereocenters. The van der Waals surface area contributed by atoms with E-state index in [-0.39, 0.29) is 11.9 Å². The van der Waals surface area contributed by atoms with Gasteiger partial charge in [0.2, 0.25) is 5.91 Å². The molecule has 1 aliphatic heterocycles. The number of nitrogens with one attached hydrogen (secondary N) is 1. The first-order valence-corrected chi connectivity index (χ1v) is 4.02. The second-order valence-corrected chi connectivity index (χ2v) is 2.97. The van der Waals surface area contributed by atoms with E-state index in [1.54, 1.807) is 17.1 Å². The molecule has 0 spiro atoms. The Morgan fingerprint density at radius 2 is 2.75 bits per heavy atom. The van der Waals surface area contributed by atoms with Crippen LogP contribution in [0.15, 0.2) is 12.4 Å². The minimum Gasteiger partial charge on any atom is -0.351 e. The van der Waals surface area contributed by atoms with Gasteiger partial charge < -0.3 is 5.32 Å². The Morgan fingerprint density at radius 3 is 3.33 bits per heavy atom. The van der Waals surface area contributed by atoms with E-state index in [0.29, 0.717) is 6.42 Å². The van der Waals surface area contributed by atoms with Gasteiger partial charge in [-0.05, 0) is 6.42 Å². The molecule has 0 aromatic carbocycles. The molecule has 1 N–H and O–H groups in total. The summed E-state index contributed by atoms with van der Waals surface area (Å²) in [5, 5.41) is 6.89. The van der Waals surface area contributed by atoms with Crippen molar-refractivity contribution in [3.8, 4) is 0 Å². The van der Waals surface area contributed by atoms with E-state index in [2.05, 4.69) is 16.5 Å². The lowest BCUT2D eigenvalue weighted by Gasteiger charge is -2.08. The summed E-state index contributed by atoms with van der Waals surface area (Å²) < 4.78 is 1.79. The largest absolute Gasteiger partial charge is 0.351 e. The monoisotopic (exact) mass is 164 g/mol. The van der Waals surface area contributed by atoms with Gasteiger partial charge in [0.1, 0.15) is 0 Å². The molecule has 1 aliphatic rings. The van der Waals surface area contributed by atoms with Gasteiger partial charge in [0.25, 0.3) is 0 Å². The van der Waals surface area contributed by atoms with Gasteiger partial charge in [0.05, 0.1) is 12.7 Å². The molecular weight excluding hydrogens is 154 g/mol. The molecule has 2 heterocycles. The van der Waals surface area contributed by atoms with E-state index >= 15 is 0 Å². The molecule has 1 fully saturated rings. The Labute approximate surface area is 70.6 Å². The molecule has 2 rings (SSSR count). The summed E-state index contributed by atoms with van der Waals surface area (Å²) in [4.78, 5) is 10.8. The molecule has 63 valence electrons. The van der Waals surface area contributed by atoms with Crippen LogP contribution in [0.3, 0.4) is 0 Å². The van der Waals surface area contributed by atoms with E-state index in [0.717, 1.165) is 13.0 Å². The number of carbonyl (C=O) groups is 1. The fourth-order valence-electron chi connectivity index (χ4n) is 1.40. The SMILES string of the molecule is O=C1CCC(Cn2c[c]cn2)N1. The van der Waals surface area contributed by atoms with Crippen molar-refractivity contribution in [2.24, 2.45) is 0 Å². The maximum atomic E-state index is 10.8. The van der Waals surface area contributed by atoms with E-state index in [1.807, 2.05) is 0 Å². The second-order valence-electron chi connectivity index (χ2n) is 2.97. The number of carbonyl (C=O) groups excluding carboxylic acids is 1. The highest BCUT2D eigenvalue weighted by Gasteiger charge is 2.20. The molecule has 0 aliphatic carbocycles. The summed E-state index contributed by atoms with van der Waals surface area (Å²) in [6, 6.07) is 3.11. The van der Waals surface area contributed by atoms with Crippen LogP contribution in [0, 0.1) is 6.07 Å². The van der Waals surface area contributed by atoms with Gasteiger partial charge in [-0.1, -0.05) is 0 Å². The van der Waals surface area contributed by atoms with Crippen molar-refractivity contribution >= 4 is 5.91 Å². The highest BCUT2D eigenvalue weighted by atomic mass is 16.1. The average Bonchev–Trinajstić information content (AvgIpc) is 2.63. The second kappa shape index (κ2) is 2.97. The van der Waals surface area contributed by atoms with Crippen LogP contribution in [0.1, 0.15) is 12.8 Å². The zero-order valence-corrected chi connectivity index (χ0v) is 6.66. The van der Waals surface area contributed by atoms with Crippen molar-refractivity contribution in [2.45, 2.75) is 25.4 Å². The van der Waals surface area contributed by atoms with E-state index in [4.69, 9.17) is 0 Å². The van der Waals surface area contributed by atoms with Gasteiger partial charge in [0.15, 0.2) is 0 Å². The lowest BCUT2D eigenvalue weighted by Crippen LogP contribution is -2.29. The molecule has 1 aromatic rings. The van der Waals surface area contributed by atoms with Crippen molar-refractivity contribution in [1.82, 2.24) is 15.1 Å². The number of aromatic nitrogens is 2. The summed E-state index contributed by atoms with van der Waals surface area (Å²) in [6.07, 6.45) is 4.97. The third-order valence-corrected chi connectivity index (χ3v) is 2.00. The van der Waals surface area contributed by atoms with Crippen LogP contribution in [-0.4, -0.2) is 21.7 Å². The maximum Gasteiger partial charge on any atom is 0.220 e. The van der Waals surface area contributed by atoms with Crippen LogP contribution in [0.2, 0.25) is 0 Å². The standard InChI is InChI=1S/C8H10N3O/c12-8-3-2-7(10-8)6-11-5-1-4-9-11/h4-5,7H,2-3,6H2,(H,10,12). The van der Waals surface area contributed by atoms with Crippen LogP contribution in [0.5, 0.6) is 0 Å². The third-order valence-electron chi connectivity index (χ3n) is 2.00. The third kappa shape index (κ3) is 1.47. The predicted molar refractivity (Wildman–Crippen MR) is 42.2 cm³/mol. The van der Waals surface area contributed by atoms with E-state index < -0.39 is 0 Å². The topological polar surface area (TPSA) is 46.9 Å². The molecule has 1 saturated heterocycles. The fourth-order valence-corrected chi connectivity index (χ4v) is 1.40. The molecular formula is C8H10N3O. The molecule has 12 heavy (non-hydrogen) atoms. The molecule has 1 aromatic heterocycles. The quantitative estimate of drug-likeness (QED) is 0.666. The highest BCUT2D eigenvalue weighted by Crippen LogP contribution is 2.07. The Balaban J connectivity index is 1.92. The van der Waals surface area contributed by atoms with Crippen LogP contribution in [-0.2, 0) is 11.3 Å². The van der Waals surface area contributed by atoms with Crippen molar-refractivity contribution < 1.29 is 4.79 Å². The fraction of sp³-hybridized carbons (Fsp3) is 0.500. The van der Waals surface area contributed by atoms with Crippen LogP contribution in [0.25, 0.3) is 0 Å². The molecule has 0 bridgehead atoms. The van der Waals surface area contributed by atoms with E-state index in [1.165, 1.54) is 0 Å². The van der Waals surface area contributed by atoms with Gasteiger partial charge in [-0.2, -0.15) is 5.10 Å². The van der Waals surface area contributed by atoms with Gasteiger partial charge >= 0.3 is 0 Å². The smallest absolute Gasteiger partial charge is 0.220 e. The predicted octanol–water partition coefficient (Wildman–Crippen LogP) is -0.0381. The van der Waals surface area contributed by atoms with Crippen LogP contribution < -0.4 is 5.32 Å². The van der Waals surface area contributed by atoms with Gasteiger partial charge in [-0.3, -0.25) is 9.48 Å². The first-order chi connectivity index (χ1) is 5.84. The Hall–Kier alpha value is -1.32.